The summed E-state index contributed by atoms with van der Waals surface area (Å²) in [5, 5.41) is 7.68. The molecule has 1 N–H and O–H groups in total. The van der Waals surface area contributed by atoms with E-state index in [1.165, 1.54) is 6.33 Å². The normalized spacial score (nSPS) is 10.9. The maximum atomic E-state index is 5.99. The van der Waals surface area contributed by atoms with Crippen molar-refractivity contribution in [2.45, 2.75) is 0 Å². The first-order chi connectivity index (χ1) is 10.1. The summed E-state index contributed by atoms with van der Waals surface area (Å²) in [7, 11) is 1.61. The van der Waals surface area contributed by atoms with Crippen LogP contribution in [0.15, 0.2) is 33.5 Å². The number of ether oxygens (including phenoxy) is 1. The van der Waals surface area contributed by atoms with Crippen molar-refractivity contribution in [2.75, 3.05) is 12.4 Å². The number of halogens is 3. The molecule has 0 radical (unpaired) electrons. The van der Waals surface area contributed by atoms with Gasteiger partial charge in [-0.1, -0.05) is 11.6 Å². The molecule has 0 spiro atoms. The van der Waals surface area contributed by atoms with Crippen LogP contribution in [0.3, 0.4) is 0 Å². The number of nitrogens with zero attached hydrogens (tertiary/aromatic N) is 4. The van der Waals surface area contributed by atoms with E-state index in [-0.39, 0.29) is 0 Å². The lowest BCUT2D eigenvalue weighted by Gasteiger charge is -2.12. The molecule has 0 aliphatic carbocycles. The van der Waals surface area contributed by atoms with Gasteiger partial charge in [0.2, 0.25) is 0 Å². The fourth-order valence-corrected chi connectivity index (χ4v) is 3.23. The van der Waals surface area contributed by atoms with Gasteiger partial charge in [-0.25, -0.2) is 0 Å². The Balaban J connectivity index is 2.08. The van der Waals surface area contributed by atoms with Gasteiger partial charge < -0.3 is 10.1 Å². The van der Waals surface area contributed by atoms with Gasteiger partial charge in [0.25, 0.3) is 5.78 Å². The van der Waals surface area contributed by atoms with E-state index in [0.717, 1.165) is 14.6 Å². The molecule has 0 fully saturated rings. The molecule has 3 rings (SSSR count). The Labute approximate surface area is 141 Å². The number of methoxy groups -OCH3 is 1. The van der Waals surface area contributed by atoms with E-state index < -0.39 is 0 Å². The molecule has 0 aliphatic rings. The minimum Gasteiger partial charge on any atom is -0.495 e. The number of hydrogen-bond acceptors (Lipinski definition) is 5. The van der Waals surface area contributed by atoms with Gasteiger partial charge in [-0.05, 0) is 37.9 Å². The molecular formula is C12H8Br2ClN5O. The Hall–Kier alpha value is -1.38. The van der Waals surface area contributed by atoms with Crippen LogP contribution in [0.4, 0.5) is 11.5 Å². The van der Waals surface area contributed by atoms with Crippen molar-refractivity contribution in [1.29, 1.82) is 0 Å². The number of aromatic nitrogens is 4. The summed E-state index contributed by atoms with van der Waals surface area (Å²) >= 11 is 12.9. The van der Waals surface area contributed by atoms with Gasteiger partial charge in [-0.15, -0.1) is 0 Å². The molecule has 9 heteroatoms. The van der Waals surface area contributed by atoms with Crippen LogP contribution in [0.25, 0.3) is 5.78 Å². The number of nitrogens with one attached hydrogen (secondary N) is 1. The van der Waals surface area contributed by atoms with Crippen molar-refractivity contribution >= 4 is 60.7 Å². The predicted octanol–water partition coefficient (Wildman–Crippen LogP) is 4.05. The molecule has 2 aromatic heterocycles. The molecule has 6 nitrogen and oxygen atoms in total. The van der Waals surface area contributed by atoms with Crippen LogP contribution in [0.2, 0.25) is 5.15 Å². The van der Waals surface area contributed by atoms with Gasteiger partial charge >= 0.3 is 0 Å². The molecule has 0 aliphatic heterocycles. The van der Waals surface area contributed by atoms with Gasteiger partial charge in [0.1, 0.15) is 23.0 Å². The maximum absolute atomic E-state index is 5.99. The summed E-state index contributed by atoms with van der Waals surface area (Å²) in [4.78, 5) is 8.10. The fraction of sp³-hybridized carbons (Fsp3) is 0.0833. The lowest BCUT2D eigenvalue weighted by molar-refractivity contribution is 0.412. The van der Waals surface area contributed by atoms with E-state index in [2.05, 4.69) is 52.2 Å². The third-order valence-electron chi connectivity index (χ3n) is 2.72. The third-order valence-corrected chi connectivity index (χ3v) is 4.19. The molecule has 0 saturated carbocycles. The zero-order valence-corrected chi connectivity index (χ0v) is 14.6. The average molecular weight is 433 g/mol. The van der Waals surface area contributed by atoms with Gasteiger partial charge in [-0.3, -0.25) is 0 Å². The summed E-state index contributed by atoms with van der Waals surface area (Å²) in [6.07, 6.45) is 1.42. The minimum absolute atomic E-state index is 0.332. The standard InChI is InChI=1S/C12H8Br2ClN5O/c1-21-9-3-8(6(13)2-7(9)14)18-11-4-10(15)19-12-16-5-17-20(11)12/h2-5,18H,1H3. The fourth-order valence-electron chi connectivity index (χ4n) is 1.79. The lowest BCUT2D eigenvalue weighted by atomic mass is 10.3. The second-order valence-corrected chi connectivity index (χ2v) is 6.12. The van der Waals surface area contributed by atoms with E-state index in [1.807, 2.05) is 12.1 Å². The lowest BCUT2D eigenvalue weighted by Crippen LogP contribution is -2.02. The van der Waals surface area contributed by atoms with Crippen LogP contribution in [-0.2, 0) is 0 Å². The molecular weight excluding hydrogens is 425 g/mol. The smallest absolute Gasteiger partial charge is 0.255 e. The average Bonchev–Trinajstić information content (AvgIpc) is 2.89. The monoisotopic (exact) mass is 431 g/mol. The van der Waals surface area contributed by atoms with Crippen LogP contribution < -0.4 is 10.1 Å². The second kappa shape index (κ2) is 5.78. The molecule has 0 saturated heterocycles. The van der Waals surface area contributed by atoms with E-state index >= 15 is 0 Å². The predicted molar refractivity (Wildman–Crippen MR) is 87.5 cm³/mol. The summed E-state index contributed by atoms with van der Waals surface area (Å²) in [6.45, 7) is 0. The number of hydrogen-bond donors (Lipinski definition) is 1. The Morgan fingerprint density at radius 2 is 2.05 bits per heavy atom. The minimum atomic E-state index is 0.332. The number of rotatable bonds is 3. The van der Waals surface area contributed by atoms with Crippen LogP contribution in [0.5, 0.6) is 5.75 Å². The van der Waals surface area contributed by atoms with Crippen LogP contribution >= 0.6 is 43.5 Å². The van der Waals surface area contributed by atoms with Crippen LogP contribution in [0.1, 0.15) is 0 Å². The van der Waals surface area contributed by atoms with Crippen molar-refractivity contribution < 1.29 is 4.74 Å². The van der Waals surface area contributed by atoms with Gasteiger partial charge in [-0.2, -0.15) is 19.6 Å². The highest BCUT2D eigenvalue weighted by Crippen LogP contribution is 2.36. The Morgan fingerprint density at radius 1 is 1.24 bits per heavy atom. The quantitative estimate of drug-likeness (QED) is 0.632. The Kier molecular flexibility index (Phi) is 4.01. The van der Waals surface area contributed by atoms with Crippen molar-refractivity contribution in [2.24, 2.45) is 0 Å². The molecule has 108 valence electrons. The highest BCUT2D eigenvalue weighted by Gasteiger charge is 2.11. The van der Waals surface area contributed by atoms with E-state index in [9.17, 15) is 0 Å². The maximum Gasteiger partial charge on any atom is 0.255 e. The highest BCUT2D eigenvalue weighted by atomic mass is 79.9. The summed E-state index contributed by atoms with van der Waals surface area (Å²) in [6, 6.07) is 5.41. The number of fused-ring (bicyclic) bond motifs is 1. The zero-order chi connectivity index (χ0) is 15.0. The first kappa shape index (κ1) is 14.6. The molecule has 1 aromatic carbocycles. The van der Waals surface area contributed by atoms with E-state index in [4.69, 9.17) is 16.3 Å². The largest absolute Gasteiger partial charge is 0.495 e. The molecule has 0 amide bonds. The third kappa shape index (κ3) is 2.83. The number of benzene rings is 1. The van der Waals surface area contributed by atoms with Crippen molar-refractivity contribution in [3.05, 3.63) is 38.6 Å². The van der Waals surface area contributed by atoms with Gasteiger partial charge in [0.05, 0.1) is 17.3 Å². The first-order valence-electron chi connectivity index (χ1n) is 5.75. The van der Waals surface area contributed by atoms with Crippen molar-refractivity contribution in [3.8, 4) is 5.75 Å². The highest BCUT2D eigenvalue weighted by molar-refractivity contribution is 9.11. The molecule has 0 unspecified atom stereocenters. The zero-order valence-electron chi connectivity index (χ0n) is 10.6. The summed E-state index contributed by atoms with van der Waals surface area (Å²) in [5.41, 5.74) is 0.800. The molecule has 0 bridgehead atoms. The van der Waals surface area contributed by atoms with Crippen LogP contribution in [0, 0.1) is 0 Å². The molecule has 21 heavy (non-hydrogen) atoms. The van der Waals surface area contributed by atoms with Gasteiger partial charge in [0, 0.05) is 16.6 Å². The van der Waals surface area contributed by atoms with Crippen LogP contribution in [-0.4, -0.2) is 26.7 Å². The topological polar surface area (TPSA) is 64.3 Å². The molecule has 3 aromatic rings. The SMILES string of the molecule is COc1cc(Nc2cc(Cl)nc3ncnn23)c(Br)cc1Br. The molecule has 2 heterocycles. The Morgan fingerprint density at radius 3 is 2.81 bits per heavy atom. The van der Waals surface area contributed by atoms with Gasteiger partial charge in [0.15, 0.2) is 0 Å². The first-order valence-corrected chi connectivity index (χ1v) is 7.71. The van der Waals surface area contributed by atoms with Crippen molar-refractivity contribution in [1.82, 2.24) is 19.6 Å². The van der Waals surface area contributed by atoms with E-state index in [0.29, 0.717) is 22.5 Å². The summed E-state index contributed by atoms with van der Waals surface area (Å²) < 4.78 is 8.56. The number of anilines is 2. The summed E-state index contributed by atoms with van der Waals surface area (Å²) in [5.74, 6) is 1.77. The van der Waals surface area contributed by atoms with E-state index in [1.54, 1.807) is 17.7 Å². The van der Waals surface area contributed by atoms with Crippen molar-refractivity contribution in [3.63, 3.8) is 0 Å². The Bertz CT molecular complexity index is 823. The molecule has 0 atom stereocenters. The second-order valence-electron chi connectivity index (χ2n) is 4.03.